The van der Waals surface area contributed by atoms with Crippen molar-refractivity contribution in [3.63, 3.8) is 0 Å². The highest BCUT2D eigenvalue weighted by atomic mass is 28.3. The maximum absolute atomic E-state index is 6.36. The van der Waals surface area contributed by atoms with Gasteiger partial charge in [0.1, 0.15) is 10.5 Å². The molecule has 2 aliphatic rings. The summed E-state index contributed by atoms with van der Waals surface area (Å²) in [6.07, 6.45) is 20.5. The maximum Gasteiger partial charge on any atom is 0.353 e. The highest BCUT2D eigenvalue weighted by molar-refractivity contribution is 6.27. The summed E-state index contributed by atoms with van der Waals surface area (Å²) in [5.74, 6) is 1.64. The van der Waals surface area contributed by atoms with Crippen LogP contribution < -0.4 is 0 Å². The van der Waals surface area contributed by atoms with Gasteiger partial charge in [-0.05, 0) is 37.5 Å². The van der Waals surface area contributed by atoms with E-state index in [0.29, 0.717) is 6.10 Å². The Hall–Kier alpha value is 0.354. The second-order valence-electron chi connectivity index (χ2n) is 7.14. The fourth-order valence-corrected chi connectivity index (χ4v) is 5.38. The third-order valence-electron chi connectivity index (χ3n) is 5.54. The summed E-state index contributed by atoms with van der Waals surface area (Å²) in [6, 6.07) is 0. The SMILES string of the molecule is [SiH3]O[SiH]OC(C1CCCCCCC1)C1CCCCCCC1. The molecule has 0 aromatic heterocycles. The van der Waals surface area contributed by atoms with E-state index in [-0.39, 0.29) is 10.0 Å². The van der Waals surface area contributed by atoms with E-state index in [2.05, 4.69) is 0 Å². The van der Waals surface area contributed by atoms with Crippen molar-refractivity contribution < 1.29 is 8.54 Å². The minimum absolute atomic E-state index is 0.198. The lowest BCUT2D eigenvalue weighted by molar-refractivity contribution is 0.0418. The number of hydrogen-bond acceptors (Lipinski definition) is 2. The molecular formula is C17H35O2Si2. The van der Waals surface area contributed by atoms with Crippen molar-refractivity contribution in [2.75, 3.05) is 0 Å². The van der Waals surface area contributed by atoms with E-state index in [1.165, 1.54) is 89.9 Å². The molecule has 0 N–H and O–H groups in total. The number of hydrogen-bond donors (Lipinski definition) is 0. The van der Waals surface area contributed by atoms with Crippen LogP contribution in [0, 0.1) is 11.8 Å². The molecule has 0 aromatic rings. The van der Waals surface area contributed by atoms with Crippen LogP contribution in [0.1, 0.15) is 89.9 Å². The Labute approximate surface area is 137 Å². The van der Waals surface area contributed by atoms with Crippen LogP contribution in [0.25, 0.3) is 0 Å². The predicted octanol–water partition coefficient (Wildman–Crippen LogP) is 3.66. The quantitative estimate of drug-likeness (QED) is 0.718. The van der Waals surface area contributed by atoms with Crippen LogP contribution >= 0.6 is 0 Å². The van der Waals surface area contributed by atoms with Gasteiger partial charge in [0.05, 0.1) is 6.10 Å². The smallest absolute Gasteiger partial charge is 0.353 e. The topological polar surface area (TPSA) is 18.5 Å². The molecule has 1 radical (unpaired) electrons. The molecule has 0 heterocycles. The summed E-state index contributed by atoms with van der Waals surface area (Å²) in [7, 11) is 0.633. The molecule has 2 fully saturated rings. The zero-order valence-electron chi connectivity index (χ0n) is 14.0. The summed E-state index contributed by atoms with van der Waals surface area (Å²) >= 11 is 0. The molecule has 21 heavy (non-hydrogen) atoms. The fourth-order valence-electron chi connectivity index (χ4n) is 4.36. The van der Waals surface area contributed by atoms with Gasteiger partial charge < -0.3 is 8.54 Å². The van der Waals surface area contributed by atoms with Crippen LogP contribution in [0.3, 0.4) is 0 Å². The fraction of sp³-hybridized carbons (Fsp3) is 1.00. The van der Waals surface area contributed by atoms with Gasteiger partial charge in [-0.25, -0.2) is 0 Å². The Balaban J connectivity index is 1.95. The largest absolute Gasteiger partial charge is 0.446 e. The average molecular weight is 328 g/mol. The first-order valence-corrected chi connectivity index (χ1v) is 11.2. The van der Waals surface area contributed by atoms with E-state index in [1.807, 2.05) is 0 Å². The monoisotopic (exact) mass is 327 g/mol. The van der Waals surface area contributed by atoms with Gasteiger partial charge in [-0.1, -0.05) is 64.2 Å². The molecule has 2 nitrogen and oxygen atoms in total. The van der Waals surface area contributed by atoms with Gasteiger partial charge in [0, 0.05) is 0 Å². The molecule has 0 aromatic carbocycles. The minimum Gasteiger partial charge on any atom is -0.446 e. The number of rotatable bonds is 5. The van der Waals surface area contributed by atoms with E-state index < -0.39 is 0 Å². The first-order chi connectivity index (χ1) is 10.4. The molecule has 2 rings (SSSR count). The van der Waals surface area contributed by atoms with Gasteiger partial charge in [-0.3, -0.25) is 0 Å². The van der Waals surface area contributed by atoms with Crippen LogP contribution in [0.4, 0.5) is 0 Å². The van der Waals surface area contributed by atoms with Crippen LogP contribution in [0.5, 0.6) is 0 Å². The predicted molar refractivity (Wildman–Crippen MR) is 94.7 cm³/mol. The standard InChI is InChI=1S/C17H35O2Si2/c20-19-21-18-17(15-11-7-3-1-4-8-12-15)16-13-9-5-2-6-10-14-16/h15-17,21H,1-14H2,20H3. The van der Waals surface area contributed by atoms with Gasteiger partial charge in [0.2, 0.25) is 0 Å². The molecule has 123 valence electrons. The van der Waals surface area contributed by atoms with Crippen LogP contribution in [-0.2, 0) is 8.54 Å². The normalized spacial score (nSPS) is 24.4. The molecule has 0 saturated heterocycles. The van der Waals surface area contributed by atoms with Gasteiger partial charge in [-0.15, -0.1) is 0 Å². The van der Waals surface area contributed by atoms with E-state index in [1.54, 1.807) is 0 Å². The molecule has 0 aliphatic heterocycles. The summed E-state index contributed by atoms with van der Waals surface area (Å²) in [4.78, 5) is 0. The summed E-state index contributed by atoms with van der Waals surface area (Å²) < 4.78 is 11.8. The van der Waals surface area contributed by atoms with Gasteiger partial charge in [-0.2, -0.15) is 0 Å². The minimum atomic E-state index is -0.198. The van der Waals surface area contributed by atoms with Crippen molar-refractivity contribution in [1.29, 1.82) is 0 Å². The van der Waals surface area contributed by atoms with E-state index >= 15 is 0 Å². The first kappa shape index (κ1) is 17.7. The van der Waals surface area contributed by atoms with Crippen molar-refractivity contribution in [2.45, 2.75) is 96.0 Å². The van der Waals surface area contributed by atoms with E-state index in [4.69, 9.17) is 8.54 Å². The van der Waals surface area contributed by atoms with Crippen LogP contribution in [0.15, 0.2) is 0 Å². The molecule has 0 bridgehead atoms. The summed E-state index contributed by atoms with van der Waals surface area (Å²) in [5, 5.41) is 0. The maximum atomic E-state index is 6.36. The van der Waals surface area contributed by atoms with Gasteiger partial charge >= 0.3 is 10.0 Å². The average Bonchev–Trinajstić information content (AvgIpc) is 2.41. The van der Waals surface area contributed by atoms with Crippen molar-refractivity contribution in [3.8, 4) is 0 Å². The third-order valence-corrected chi connectivity index (χ3v) is 6.73. The molecule has 2 aliphatic carbocycles. The lowest BCUT2D eigenvalue weighted by Gasteiger charge is -2.36. The Morgan fingerprint density at radius 3 is 1.43 bits per heavy atom. The van der Waals surface area contributed by atoms with Crippen molar-refractivity contribution in [1.82, 2.24) is 0 Å². The van der Waals surface area contributed by atoms with Crippen molar-refractivity contribution >= 4 is 20.5 Å². The third kappa shape index (κ3) is 6.55. The highest BCUT2D eigenvalue weighted by Gasteiger charge is 2.30. The Morgan fingerprint density at radius 1 is 0.667 bits per heavy atom. The molecule has 2 saturated carbocycles. The Morgan fingerprint density at radius 2 is 1.05 bits per heavy atom. The van der Waals surface area contributed by atoms with E-state index in [9.17, 15) is 0 Å². The van der Waals surface area contributed by atoms with Crippen LogP contribution in [-0.4, -0.2) is 26.6 Å². The van der Waals surface area contributed by atoms with Crippen molar-refractivity contribution in [3.05, 3.63) is 0 Å². The zero-order chi connectivity index (χ0) is 14.8. The summed E-state index contributed by atoms with van der Waals surface area (Å²) in [6.45, 7) is 0. The molecule has 0 spiro atoms. The second-order valence-corrected chi connectivity index (χ2v) is 9.49. The molecule has 0 amide bonds. The van der Waals surface area contributed by atoms with Gasteiger partial charge in [0.25, 0.3) is 0 Å². The van der Waals surface area contributed by atoms with Crippen LogP contribution in [0.2, 0.25) is 0 Å². The Kier molecular flexibility index (Phi) is 9.25. The lowest BCUT2D eigenvalue weighted by Crippen LogP contribution is -2.35. The highest BCUT2D eigenvalue weighted by Crippen LogP contribution is 2.35. The van der Waals surface area contributed by atoms with Gasteiger partial charge in [0.15, 0.2) is 0 Å². The Bertz CT molecular complexity index is 225. The second kappa shape index (κ2) is 11.0. The summed E-state index contributed by atoms with van der Waals surface area (Å²) in [5.41, 5.74) is 0. The molecular weight excluding hydrogens is 292 g/mol. The van der Waals surface area contributed by atoms with E-state index in [0.717, 1.165) is 22.3 Å². The molecule has 4 heteroatoms. The first-order valence-electron chi connectivity index (χ1n) is 9.42. The van der Waals surface area contributed by atoms with Crippen molar-refractivity contribution in [2.24, 2.45) is 11.8 Å². The molecule has 0 atom stereocenters. The molecule has 0 unspecified atom stereocenters. The zero-order valence-corrected chi connectivity index (χ0v) is 17.2. The lowest BCUT2D eigenvalue weighted by atomic mass is 9.77.